The van der Waals surface area contributed by atoms with Gasteiger partial charge in [-0.3, -0.25) is 4.99 Å². The summed E-state index contributed by atoms with van der Waals surface area (Å²) in [5.41, 5.74) is -0.631. The van der Waals surface area contributed by atoms with Gasteiger partial charge in [-0.2, -0.15) is 0 Å². The summed E-state index contributed by atoms with van der Waals surface area (Å²) in [6, 6.07) is 0.209. The second-order valence-corrected chi connectivity index (χ2v) is 9.43. The molecule has 0 unspecified atom stereocenters. The lowest BCUT2D eigenvalue weighted by Gasteiger charge is -2.34. The molecular weight excluding hydrogens is 467 g/mol. The number of piperidine rings is 1. The summed E-state index contributed by atoms with van der Waals surface area (Å²) in [5, 5.41) is 17.2. The van der Waals surface area contributed by atoms with Crippen molar-refractivity contribution < 1.29 is 13.5 Å². The number of aliphatic hydroxyl groups is 1. The van der Waals surface area contributed by atoms with E-state index in [4.69, 9.17) is 0 Å². The lowest BCUT2D eigenvalue weighted by Crippen LogP contribution is -2.53. The molecule has 1 saturated heterocycles. The minimum Gasteiger partial charge on any atom is -0.388 e. The molecule has 26 heavy (non-hydrogen) atoms. The van der Waals surface area contributed by atoms with Gasteiger partial charge in [-0.1, -0.05) is 26.2 Å². The number of rotatable bonds is 6. The molecule has 3 N–H and O–H groups in total. The molecule has 0 aromatic heterocycles. The number of aliphatic imine (C=N–C) groups is 1. The van der Waals surface area contributed by atoms with E-state index in [2.05, 4.69) is 15.6 Å². The van der Waals surface area contributed by atoms with Crippen LogP contribution in [0.4, 0.5) is 0 Å². The molecule has 1 aliphatic heterocycles. The first-order valence-electron chi connectivity index (χ1n) is 9.56. The second kappa shape index (κ2) is 11.0. The highest BCUT2D eigenvalue weighted by molar-refractivity contribution is 14.0. The van der Waals surface area contributed by atoms with Gasteiger partial charge < -0.3 is 15.7 Å². The number of guanidine groups is 1. The standard InChI is InChI=1S/C17H34N4O3S.HI/c1-3-13-25(23,24)21-11-7-15(8-12-21)20-16(18-2)19-14-17(22)9-5-4-6-10-17;/h15,22H,3-14H2,1-2H3,(H2,18,19,20);1H. The van der Waals surface area contributed by atoms with E-state index in [0.717, 1.165) is 38.5 Å². The van der Waals surface area contributed by atoms with Crippen molar-refractivity contribution in [2.45, 2.75) is 69.9 Å². The number of hydrogen-bond acceptors (Lipinski definition) is 4. The maximum Gasteiger partial charge on any atom is 0.214 e. The summed E-state index contributed by atoms with van der Waals surface area (Å²) in [6.45, 7) is 3.51. The summed E-state index contributed by atoms with van der Waals surface area (Å²) in [4.78, 5) is 4.25. The van der Waals surface area contributed by atoms with Crippen molar-refractivity contribution in [2.75, 3.05) is 32.4 Å². The molecule has 0 aromatic rings. The smallest absolute Gasteiger partial charge is 0.214 e. The van der Waals surface area contributed by atoms with Gasteiger partial charge in [0.2, 0.25) is 10.0 Å². The van der Waals surface area contributed by atoms with Crippen molar-refractivity contribution in [3.63, 3.8) is 0 Å². The molecule has 1 saturated carbocycles. The summed E-state index contributed by atoms with van der Waals surface area (Å²) in [7, 11) is -1.37. The Balaban J connectivity index is 0.00000338. The molecule has 2 fully saturated rings. The predicted molar refractivity (Wildman–Crippen MR) is 117 cm³/mol. The van der Waals surface area contributed by atoms with Gasteiger partial charge in [0.05, 0.1) is 11.4 Å². The molecule has 7 nitrogen and oxygen atoms in total. The quantitative estimate of drug-likeness (QED) is 0.292. The minimum atomic E-state index is -3.10. The van der Waals surface area contributed by atoms with Crippen LogP contribution in [0.1, 0.15) is 58.3 Å². The maximum absolute atomic E-state index is 12.1. The van der Waals surface area contributed by atoms with Gasteiger partial charge >= 0.3 is 0 Å². The number of halogens is 1. The molecule has 2 rings (SSSR count). The van der Waals surface area contributed by atoms with Crippen LogP contribution < -0.4 is 10.6 Å². The van der Waals surface area contributed by atoms with Crippen LogP contribution in [0.3, 0.4) is 0 Å². The fourth-order valence-electron chi connectivity index (χ4n) is 3.69. The maximum atomic E-state index is 12.1. The van der Waals surface area contributed by atoms with Crippen LogP contribution >= 0.6 is 24.0 Å². The number of hydrogen-bond donors (Lipinski definition) is 3. The fraction of sp³-hybridized carbons (Fsp3) is 0.941. The molecule has 0 radical (unpaired) electrons. The van der Waals surface area contributed by atoms with E-state index < -0.39 is 15.6 Å². The Hall–Kier alpha value is -0.130. The van der Waals surface area contributed by atoms with Gasteiger partial charge in [0, 0.05) is 32.7 Å². The summed E-state index contributed by atoms with van der Waals surface area (Å²) in [5.74, 6) is 0.918. The number of sulfonamides is 1. The van der Waals surface area contributed by atoms with Gasteiger partial charge in [0.25, 0.3) is 0 Å². The molecule has 0 aromatic carbocycles. The normalized spacial score (nSPS) is 22.5. The van der Waals surface area contributed by atoms with Crippen molar-refractivity contribution in [3.05, 3.63) is 0 Å². The highest BCUT2D eigenvalue weighted by Gasteiger charge is 2.30. The third kappa shape index (κ3) is 7.12. The monoisotopic (exact) mass is 502 g/mol. The molecule has 2 aliphatic rings. The van der Waals surface area contributed by atoms with Crippen LogP contribution in [0.2, 0.25) is 0 Å². The SMILES string of the molecule is CCCS(=O)(=O)N1CCC(NC(=NC)NCC2(O)CCCCC2)CC1.I. The number of nitrogens with zero attached hydrogens (tertiary/aromatic N) is 2. The zero-order valence-electron chi connectivity index (χ0n) is 16.0. The van der Waals surface area contributed by atoms with Gasteiger partial charge in [0.15, 0.2) is 5.96 Å². The zero-order chi connectivity index (χ0) is 18.3. The molecule has 154 valence electrons. The van der Waals surface area contributed by atoms with Crippen molar-refractivity contribution in [3.8, 4) is 0 Å². The van der Waals surface area contributed by atoms with E-state index in [0.29, 0.717) is 32.0 Å². The molecule has 9 heteroatoms. The summed E-state index contributed by atoms with van der Waals surface area (Å²) < 4.78 is 25.9. The molecular formula is C17H35IN4O3S. The first-order chi connectivity index (χ1) is 11.9. The molecule has 0 spiro atoms. The Morgan fingerprint density at radius 1 is 1.23 bits per heavy atom. The van der Waals surface area contributed by atoms with Crippen LogP contribution in [0.15, 0.2) is 4.99 Å². The average molecular weight is 502 g/mol. The van der Waals surface area contributed by atoms with Crippen molar-refractivity contribution in [1.29, 1.82) is 0 Å². The minimum absolute atomic E-state index is 0. The highest BCUT2D eigenvalue weighted by Crippen LogP contribution is 2.27. The zero-order valence-corrected chi connectivity index (χ0v) is 19.2. The van der Waals surface area contributed by atoms with E-state index in [-0.39, 0.29) is 35.8 Å². The topological polar surface area (TPSA) is 94.0 Å². The van der Waals surface area contributed by atoms with Crippen LogP contribution in [0.25, 0.3) is 0 Å². The molecule has 1 aliphatic carbocycles. The summed E-state index contributed by atoms with van der Waals surface area (Å²) >= 11 is 0. The third-order valence-corrected chi connectivity index (χ3v) is 7.32. The van der Waals surface area contributed by atoms with E-state index in [1.807, 2.05) is 6.92 Å². The number of nitrogens with one attached hydrogen (secondary N) is 2. The first kappa shape index (κ1) is 23.9. The Kier molecular flexibility index (Phi) is 10.1. The van der Waals surface area contributed by atoms with Crippen molar-refractivity contribution >= 4 is 40.0 Å². The van der Waals surface area contributed by atoms with E-state index in [1.54, 1.807) is 11.4 Å². The van der Waals surface area contributed by atoms with Gasteiger partial charge in [-0.05, 0) is 32.1 Å². The van der Waals surface area contributed by atoms with Crippen LogP contribution in [0, 0.1) is 0 Å². The predicted octanol–water partition coefficient (Wildman–Crippen LogP) is 1.67. The molecule has 1 heterocycles. The Morgan fingerprint density at radius 2 is 1.85 bits per heavy atom. The lowest BCUT2D eigenvalue weighted by atomic mass is 9.85. The van der Waals surface area contributed by atoms with Gasteiger partial charge in [-0.25, -0.2) is 12.7 Å². The lowest BCUT2D eigenvalue weighted by molar-refractivity contribution is 0.00853. The third-order valence-electron chi connectivity index (χ3n) is 5.24. The van der Waals surface area contributed by atoms with Gasteiger partial charge in [-0.15, -0.1) is 24.0 Å². The van der Waals surface area contributed by atoms with Crippen molar-refractivity contribution in [2.24, 2.45) is 4.99 Å². The highest BCUT2D eigenvalue weighted by atomic mass is 127. The summed E-state index contributed by atoms with van der Waals surface area (Å²) in [6.07, 6.45) is 7.23. The Labute approximate surface area is 175 Å². The van der Waals surface area contributed by atoms with E-state index >= 15 is 0 Å². The van der Waals surface area contributed by atoms with Crippen LogP contribution in [0.5, 0.6) is 0 Å². The second-order valence-electron chi connectivity index (χ2n) is 7.34. The molecule has 0 amide bonds. The Morgan fingerprint density at radius 3 is 2.38 bits per heavy atom. The van der Waals surface area contributed by atoms with Crippen molar-refractivity contribution in [1.82, 2.24) is 14.9 Å². The fourth-order valence-corrected chi connectivity index (χ4v) is 5.23. The largest absolute Gasteiger partial charge is 0.388 e. The van der Waals surface area contributed by atoms with E-state index in [9.17, 15) is 13.5 Å². The molecule has 0 bridgehead atoms. The molecule has 0 atom stereocenters. The van der Waals surface area contributed by atoms with Crippen LogP contribution in [-0.4, -0.2) is 67.9 Å². The van der Waals surface area contributed by atoms with Gasteiger partial charge in [0.1, 0.15) is 0 Å². The van der Waals surface area contributed by atoms with Crippen LogP contribution in [-0.2, 0) is 10.0 Å². The average Bonchev–Trinajstić information content (AvgIpc) is 2.59. The Bertz CT molecular complexity index is 542. The first-order valence-corrected chi connectivity index (χ1v) is 11.2. The van der Waals surface area contributed by atoms with E-state index in [1.165, 1.54) is 6.42 Å².